The molecule has 0 saturated carbocycles. The average molecular weight is 215 g/mol. The van der Waals surface area contributed by atoms with Gasteiger partial charge in [0.15, 0.2) is 0 Å². The second kappa shape index (κ2) is 4.18. The first-order valence-corrected chi connectivity index (χ1v) is 5.00. The molecule has 0 radical (unpaired) electrons. The Balaban J connectivity index is 2.47. The number of H-pyrrole nitrogens is 1. The van der Waals surface area contributed by atoms with Crippen molar-refractivity contribution in [1.29, 1.82) is 0 Å². The molecule has 0 unspecified atom stereocenters. The van der Waals surface area contributed by atoms with Crippen LogP contribution in [0.3, 0.4) is 0 Å². The zero-order valence-electron chi connectivity index (χ0n) is 9.27. The number of rotatable bonds is 2. The Bertz CT molecular complexity index is 531. The smallest absolute Gasteiger partial charge is 0.274 e. The molecule has 4 nitrogen and oxygen atoms in total. The monoisotopic (exact) mass is 215 g/mol. The van der Waals surface area contributed by atoms with Gasteiger partial charge in [-0.2, -0.15) is 0 Å². The Hall–Kier alpha value is -2.10. The van der Waals surface area contributed by atoms with E-state index in [0.29, 0.717) is 11.5 Å². The Morgan fingerprint density at radius 2 is 1.88 bits per heavy atom. The van der Waals surface area contributed by atoms with Crippen molar-refractivity contribution in [3.63, 3.8) is 0 Å². The third kappa shape index (κ3) is 1.95. The Kier molecular flexibility index (Phi) is 2.72. The van der Waals surface area contributed by atoms with Crippen molar-refractivity contribution in [2.75, 3.05) is 19.0 Å². The number of benzene rings is 1. The fourth-order valence-electron chi connectivity index (χ4n) is 1.45. The summed E-state index contributed by atoms with van der Waals surface area (Å²) in [6.07, 6.45) is 1.58. The van der Waals surface area contributed by atoms with Gasteiger partial charge >= 0.3 is 0 Å². The minimum Gasteiger partial charge on any atom is -0.372 e. The second-order valence-corrected chi connectivity index (χ2v) is 3.71. The predicted octanol–water partition coefficient (Wildman–Crippen LogP) is 1.50. The summed E-state index contributed by atoms with van der Waals surface area (Å²) in [5.74, 6) is 0.594. The second-order valence-electron chi connectivity index (χ2n) is 3.71. The standard InChI is InChI=1S/C12H13N3O/c1-15(2)10-8-13-11(14-12(10)16)9-6-4-3-5-7-9/h3-8H,1-2H3,(H,13,14,16). The van der Waals surface area contributed by atoms with E-state index in [1.807, 2.05) is 44.4 Å². The molecule has 2 rings (SSSR count). The van der Waals surface area contributed by atoms with Gasteiger partial charge in [-0.25, -0.2) is 4.98 Å². The molecule has 0 atom stereocenters. The molecule has 0 amide bonds. The topological polar surface area (TPSA) is 49.0 Å². The van der Waals surface area contributed by atoms with Crippen molar-refractivity contribution in [3.05, 3.63) is 46.9 Å². The van der Waals surface area contributed by atoms with E-state index < -0.39 is 0 Å². The van der Waals surface area contributed by atoms with Gasteiger partial charge in [-0.15, -0.1) is 0 Å². The molecule has 16 heavy (non-hydrogen) atoms. The highest BCUT2D eigenvalue weighted by atomic mass is 16.1. The molecule has 0 saturated heterocycles. The minimum atomic E-state index is -0.126. The largest absolute Gasteiger partial charge is 0.372 e. The lowest BCUT2D eigenvalue weighted by atomic mass is 10.2. The molecule has 2 aromatic rings. The van der Waals surface area contributed by atoms with Crippen LogP contribution in [0.5, 0.6) is 0 Å². The summed E-state index contributed by atoms with van der Waals surface area (Å²) >= 11 is 0. The lowest BCUT2D eigenvalue weighted by Gasteiger charge is -2.10. The lowest BCUT2D eigenvalue weighted by Crippen LogP contribution is -2.21. The van der Waals surface area contributed by atoms with E-state index in [1.54, 1.807) is 11.1 Å². The summed E-state index contributed by atoms with van der Waals surface area (Å²) in [7, 11) is 3.63. The first-order valence-electron chi connectivity index (χ1n) is 5.00. The first-order chi connectivity index (χ1) is 7.68. The van der Waals surface area contributed by atoms with Crippen molar-refractivity contribution in [3.8, 4) is 11.4 Å². The van der Waals surface area contributed by atoms with Crippen molar-refractivity contribution in [2.45, 2.75) is 0 Å². The van der Waals surface area contributed by atoms with E-state index in [4.69, 9.17) is 0 Å². The highest BCUT2D eigenvalue weighted by molar-refractivity contribution is 5.55. The molecule has 1 N–H and O–H groups in total. The summed E-state index contributed by atoms with van der Waals surface area (Å²) in [6.45, 7) is 0. The van der Waals surface area contributed by atoms with Crippen LogP contribution in [-0.2, 0) is 0 Å². The Labute approximate surface area is 93.6 Å². The van der Waals surface area contributed by atoms with Gasteiger partial charge in [0.1, 0.15) is 11.5 Å². The molecule has 0 aliphatic rings. The van der Waals surface area contributed by atoms with Crippen LogP contribution in [0.2, 0.25) is 0 Å². The number of nitrogens with zero attached hydrogens (tertiary/aromatic N) is 2. The van der Waals surface area contributed by atoms with Gasteiger partial charge in [0.2, 0.25) is 0 Å². The van der Waals surface area contributed by atoms with Gasteiger partial charge in [0.05, 0.1) is 6.20 Å². The van der Waals surface area contributed by atoms with E-state index in [0.717, 1.165) is 5.56 Å². The number of anilines is 1. The number of aromatic amines is 1. The molecular weight excluding hydrogens is 202 g/mol. The molecule has 1 aromatic heterocycles. The molecule has 0 spiro atoms. The minimum absolute atomic E-state index is 0.126. The molecule has 0 fully saturated rings. The Morgan fingerprint density at radius 1 is 1.19 bits per heavy atom. The quantitative estimate of drug-likeness (QED) is 0.826. The molecule has 1 heterocycles. The molecule has 1 aromatic carbocycles. The van der Waals surface area contributed by atoms with Gasteiger partial charge in [-0.3, -0.25) is 4.79 Å². The number of hydrogen-bond acceptors (Lipinski definition) is 3. The van der Waals surface area contributed by atoms with Gasteiger partial charge in [0.25, 0.3) is 5.56 Å². The molecular formula is C12H13N3O. The highest BCUT2D eigenvalue weighted by Crippen LogP contribution is 2.12. The van der Waals surface area contributed by atoms with Crippen molar-refractivity contribution < 1.29 is 0 Å². The van der Waals surface area contributed by atoms with Gasteiger partial charge in [-0.05, 0) is 0 Å². The molecule has 0 bridgehead atoms. The zero-order valence-corrected chi connectivity index (χ0v) is 9.27. The van der Waals surface area contributed by atoms with Crippen molar-refractivity contribution in [1.82, 2.24) is 9.97 Å². The maximum Gasteiger partial charge on any atom is 0.274 e. The Morgan fingerprint density at radius 3 is 2.44 bits per heavy atom. The van der Waals surface area contributed by atoms with Gasteiger partial charge < -0.3 is 9.88 Å². The molecule has 0 aliphatic carbocycles. The van der Waals surface area contributed by atoms with E-state index in [1.165, 1.54) is 0 Å². The van der Waals surface area contributed by atoms with E-state index in [9.17, 15) is 4.79 Å². The number of aromatic nitrogens is 2. The first kappa shape index (κ1) is 10.4. The normalized spacial score (nSPS) is 10.1. The van der Waals surface area contributed by atoms with Crippen LogP contribution >= 0.6 is 0 Å². The van der Waals surface area contributed by atoms with Crippen LogP contribution in [0.1, 0.15) is 0 Å². The number of hydrogen-bond donors (Lipinski definition) is 1. The zero-order chi connectivity index (χ0) is 11.5. The maximum atomic E-state index is 11.7. The van der Waals surface area contributed by atoms with Crippen LogP contribution in [0.15, 0.2) is 41.3 Å². The summed E-state index contributed by atoms with van der Waals surface area (Å²) < 4.78 is 0. The highest BCUT2D eigenvalue weighted by Gasteiger charge is 2.05. The van der Waals surface area contributed by atoms with Crippen LogP contribution in [0.25, 0.3) is 11.4 Å². The van der Waals surface area contributed by atoms with Crippen LogP contribution in [0.4, 0.5) is 5.69 Å². The van der Waals surface area contributed by atoms with E-state index >= 15 is 0 Å². The van der Waals surface area contributed by atoms with E-state index in [2.05, 4.69) is 9.97 Å². The summed E-state index contributed by atoms with van der Waals surface area (Å²) in [5, 5.41) is 0. The van der Waals surface area contributed by atoms with Crippen molar-refractivity contribution in [2.24, 2.45) is 0 Å². The molecule has 82 valence electrons. The van der Waals surface area contributed by atoms with Crippen molar-refractivity contribution >= 4 is 5.69 Å². The third-order valence-electron chi connectivity index (χ3n) is 2.31. The fraction of sp³-hybridized carbons (Fsp3) is 0.167. The molecule has 4 heteroatoms. The maximum absolute atomic E-state index is 11.7. The SMILES string of the molecule is CN(C)c1cnc(-c2ccccc2)[nH]c1=O. The summed E-state index contributed by atoms with van der Waals surface area (Å²) in [5.41, 5.74) is 1.34. The molecule has 0 aliphatic heterocycles. The lowest BCUT2D eigenvalue weighted by molar-refractivity contribution is 1.04. The predicted molar refractivity (Wildman–Crippen MR) is 64.6 cm³/mol. The van der Waals surface area contributed by atoms with Crippen LogP contribution < -0.4 is 10.5 Å². The van der Waals surface area contributed by atoms with Gasteiger partial charge in [-0.1, -0.05) is 30.3 Å². The van der Waals surface area contributed by atoms with Crippen LogP contribution in [-0.4, -0.2) is 24.1 Å². The fourth-order valence-corrected chi connectivity index (χ4v) is 1.45. The average Bonchev–Trinajstić information content (AvgIpc) is 2.29. The summed E-state index contributed by atoms with van der Waals surface area (Å²) in [6, 6.07) is 9.57. The van der Waals surface area contributed by atoms with E-state index in [-0.39, 0.29) is 5.56 Å². The van der Waals surface area contributed by atoms with Crippen LogP contribution in [0, 0.1) is 0 Å². The third-order valence-corrected chi connectivity index (χ3v) is 2.31. The van der Waals surface area contributed by atoms with Gasteiger partial charge in [0, 0.05) is 19.7 Å². The summed E-state index contributed by atoms with van der Waals surface area (Å²) in [4.78, 5) is 20.5. The number of nitrogens with one attached hydrogen (secondary N) is 1.